The standard InChI is InChI=1S/C25H24FN5OS/c1-29-23(15-21(28-29)18-5-3-2-4-6-18)25(32)31-13-11-30(12-14-31)16-24-27-22(17-33-24)19-7-9-20(26)10-8-19/h2-10,15,17H,11-14,16H2,1H3. The Bertz CT molecular complexity index is 1240. The zero-order valence-corrected chi connectivity index (χ0v) is 19.1. The number of thiazole rings is 1. The van der Waals surface area contributed by atoms with Crippen LogP contribution >= 0.6 is 11.3 Å². The fraction of sp³-hybridized carbons (Fsp3) is 0.240. The second-order valence-corrected chi connectivity index (χ2v) is 9.05. The molecule has 4 aromatic rings. The minimum absolute atomic E-state index is 0.0136. The van der Waals surface area contributed by atoms with Crippen LogP contribution in [0.1, 0.15) is 15.5 Å². The van der Waals surface area contributed by atoms with Crippen LogP contribution in [0.3, 0.4) is 0 Å². The molecule has 6 nitrogen and oxygen atoms in total. The first-order chi connectivity index (χ1) is 16.1. The highest BCUT2D eigenvalue weighted by Crippen LogP contribution is 2.24. The first-order valence-electron chi connectivity index (χ1n) is 10.9. The number of carbonyl (C=O) groups excluding carboxylic acids is 1. The molecule has 0 radical (unpaired) electrons. The molecule has 1 amide bonds. The summed E-state index contributed by atoms with van der Waals surface area (Å²) in [5.41, 5.74) is 4.20. The van der Waals surface area contributed by atoms with E-state index in [0.717, 1.165) is 47.2 Å². The highest BCUT2D eigenvalue weighted by molar-refractivity contribution is 7.09. The van der Waals surface area contributed by atoms with Gasteiger partial charge in [-0.05, 0) is 30.3 Å². The number of rotatable bonds is 5. The molecule has 5 rings (SSSR count). The van der Waals surface area contributed by atoms with Crippen LogP contribution in [-0.4, -0.2) is 56.7 Å². The summed E-state index contributed by atoms with van der Waals surface area (Å²) in [6.07, 6.45) is 0. The van der Waals surface area contributed by atoms with Gasteiger partial charge in [-0.1, -0.05) is 30.3 Å². The smallest absolute Gasteiger partial charge is 0.272 e. The van der Waals surface area contributed by atoms with Gasteiger partial charge >= 0.3 is 0 Å². The molecule has 0 bridgehead atoms. The van der Waals surface area contributed by atoms with Crippen molar-refractivity contribution in [2.45, 2.75) is 6.54 Å². The van der Waals surface area contributed by atoms with E-state index in [-0.39, 0.29) is 11.7 Å². The summed E-state index contributed by atoms with van der Waals surface area (Å²) in [6.45, 7) is 3.67. The molecular weight excluding hydrogens is 437 g/mol. The van der Waals surface area contributed by atoms with E-state index < -0.39 is 0 Å². The van der Waals surface area contributed by atoms with E-state index in [1.807, 2.05) is 53.7 Å². The van der Waals surface area contributed by atoms with E-state index in [1.165, 1.54) is 12.1 Å². The van der Waals surface area contributed by atoms with Crippen LogP contribution < -0.4 is 0 Å². The summed E-state index contributed by atoms with van der Waals surface area (Å²) < 4.78 is 14.8. The molecule has 1 aliphatic rings. The second kappa shape index (κ2) is 9.25. The predicted octanol–water partition coefficient (Wildman–Crippen LogP) is 4.31. The lowest BCUT2D eigenvalue weighted by Crippen LogP contribution is -2.48. The number of carbonyl (C=O) groups is 1. The molecule has 0 aliphatic carbocycles. The van der Waals surface area contributed by atoms with Gasteiger partial charge in [0.1, 0.15) is 16.5 Å². The van der Waals surface area contributed by atoms with Gasteiger partial charge in [-0.25, -0.2) is 9.37 Å². The SMILES string of the molecule is Cn1nc(-c2ccccc2)cc1C(=O)N1CCN(Cc2nc(-c3ccc(F)cc3)cs2)CC1. The van der Waals surface area contributed by atoms with Gasteiger partial charge in [-0.3, -0.25) is 14.4 Å². The Balaban J connectivity index is 1.19. The van der Waals surface area contributed by atoms with Crippen LogP contribution in [0, 0.1) is 5.82 Å². The molecular formula is C25H24FN5OS. The van der Waals surface area contributed by atoms with Gasteiger partial charge in [-0.2, -0.15) is 5.10 Å². The quantitative estimate of drug-likeness (QED) is 0.445. The van der Waals surface area contributed by atoms with Crippen molar-refractivity contribution in [1.82, 2.24) is 24.6 Å². The maximum atomic E-state index is 13.2. The van der Waals surface area contributed by atoms with Crippen LogP contribution in [0.2, 0.25) is 0 Å². The van der Waals surface area contributed by atoms with E-state index in [1.54, 1.807) is 28.2 Å². The molecule has 1 aliphatic heterocycles. The van der Waals surface area contributed by atoms with Crippen molar-refractivity contribution in [3.05, 3.63) is 82.6 Å². The minimum atomic E-state index is -0.246. The van der Waals surface area contributed by atoms with E-state index in [9.17, 15) is 9.18 Å². The fourth-order valence-electron chi connectivity index (χ4n) is 4.02. The number of hydrogen-bond donors (Lipinski definition) is 0. The van der Waals surface area contributed by atoms with Crippen LogP contribution in [0.4, 0.5) is 4.39 Å². The fourth-order valence-corrected chi connectivity index (χ4v) is 4.86. The van der Waals surface area contributed by atoms with Crippen LogP contribution in [-0.2, 0) is 13.6 Å². The van der Waals surface area contributed by atoms with Gasteiger partial charge in [0.25, 0.3) is 5.91 Å². The maximum Gasteiger partial charge on any atom is 0.272 e. The number of halogens is 1. The summed E-state index contributed by atoms with van der Waals surface area (Å²) in [5.74, 6) is -0.233. The van der Waals surface area contributed by atoms with Crippen molar-refractivity contribution in [1.29, 1.82) is 0 Å². The minimum Gasteiger partial charge on any atom is -0.335 e. The first kappa shape index (κ1) is 21.5. The summed E-state index contributed by atoms with van der Waals surface area (Å²) >= 11 is 1.61. The predicted molar refractivity (Wildman–Crippen MR) is 127 cm³/mol. The Morgan fingerprint density at radius 2 is 1.67 bits per heavy atom. The average molecular weight is 462 g/mol. The van der Waals surface area contributed by atoms with Crippen molar-refractivity contribution in [3.8, 4) is 22.5 Å². The van der Waals surface area contributed by atoms with Gasteiger partial charge in [0.2, 0.25) is 0 Å². The summed E-state index contributed by atoms with van der Waals surface area (Å²) in [7, 11) is 1.82. The van der Waals surface area contributed by atoms with E-state index in [0.29, 0.717) is 18.8 Å². The highest BCUT2D eigenvalue weighted by Gasteiger charge is 2.25. The zero-order valence-electron chi connectivity index (χ0n) is 18.3. The topological polar surface area (TPSA) is 54.3 Å². The number of piperazine rings is 1. The monoisotopic (exact) mass is 461 g/mol. The molecule has 0 atom stereocenters. The molecule has 3 heterocycles. The third-order valence-electron chi connectivity index (χ3n) is 5.88. The Hall–Kier alpha value is -3.36. The first-order valence-corrected chi connectivity index (χ1v) is 11.8. The summed E-state index contributed by atoms with van der Waals surface area (Å²) in [4.78, 5) is 22.0. The Kier molecular flexibility index (Phi) is 6.02. The number of amides is 1. The van der Waals surface area contributed by atoms with Gasteiger partial charge < -0.3 is 4.90 Å². The van der Waals surface area contributed by atoms with Crippen LogP contribution in [0.15, 0.2) is 66.0 Å². The molecule has 0 saturated carbocycles. The molecule has 1 saturated heterocycles. The molecule has 0 spiro atoms. The van der Waals surface area contributed by atoms with E-state index in [2.05, 4.69) is 10.00 Å². The molecule has 0 N–H and O–H groups in total. The number of aryl methyl sites for hydroxylation is 1. The lowest BCUT2D eigenvalue weighted by Gasteiger charge is -2.34. The summed E-state index contributed by atoms with van der Waals surface area (Å²) in [5, 5.41) is 7.56. The Morgan fingerprint density at radius 3 is 2.39 bits per heavy atom. The Labute approximate surface area is 195 Å². The van der Waals surface area contributed by atoms with Crippen molar-refractivity contribution in [2.24, 2.45) is 7.05 Å². The van der Waals surface area contributed by atoms with E-state index >= 15 is 0 Å². The molecule has 1 fully saturated rings. The number of benzene rings is 2. The lowest BCUT2D eigenvalue weighted by atomic mass is 10.1. The average Bonchev–Trinajstić information content (AvgIpc) is 3.47. The summed E-state index contributed by atoms with van der Waals surface area (Å²) in [6, 6.07) is 18.2. The van der Waals surface area contributed by atoms with Gasteiger partial charge in [0.05, 0.1) is 17.9 Å². The molecule has 33 heavy (non-hydrogen) atoms. The normalized spacial score (nSPS) is 14.5. The molecule has 8 heteroatoms. The zero-order chi connectivity index (χ0) is 22.8. The molecule has 0 unspecified atom stereocenters. The second-order valence-electron chi connectivity index (χ2n) is 8.11. The number of hydrogen-bond acceptors (Lipinski definition) is 5. The van der Waals surface area contributed by atoms with Crippen molar-refractivity contribution >= 4 is 17.2 Å². The van der Waals surface area contributed by atoms with Crippen molar-refractivity contribution < 1.29 is 9.18 Å². The largest absolute Gasteiger partial charge is 0.335 e. The highest BCUT2D eigenvalue weighted by atomic mass is 32.1. The third kappa shape index (κ3) is 4.72. The Morgan fingerprint density at radius 1 is 0.970 bits per heavy atom. The van der Waals surface area contributed by atoms with Gasteiger partial charge in [0, 0.05) is 49.7 Å². The number of nitrogens with zero attached hydrogens (tertiary/aromatic N) is 5. The lowest BCUT2D eigenvalue weighted by molar-refractivity contribution is 0.0617. The molecule has 168 valence electrons. The van der Waals surface area contributed by atoms with Gasteiger partial charge in [0.15, 0.2) is 0 Å². The molecule has 2 aromatic carbocycles. The van der Waals surface area contributed by atoms with Crippen molar-refractivity contribution in [3.63, 3.8) is 0 Å². The number of aromatic nitrogens is 3. The van der Waals surface area contributed by atoms with Crippen LogP contribution in [0.5, 0.6) is 0 Å². The molecule has 2 aromatic heterocycles. The van der Waals surface area contributed by atoms with E-state index in [4.69, 9.17) is 4.98 Å². The maximum absolute atomic E-state index is 13.2. The van der Waals surface area contributed by atoms with Crippen LogP contribution in [0.25, 0.3) is 22.5 Å². The third-order valence-corrected chi connectivity index (χ3v) is 6.71. The van der Waals surface area contributed by atoms with Crippen molar-refractivity contribution in [2.75, 3.05) is 26.2 Å². The van der Waals surface area contributed by atoms with Gasteiger partial charge in [-0.15, -0.1) is 11.3 Å².